The van der Waals surface area contributed by atoms with Gasteiger partial charge in [-0.1, -0.05) is 20.8 Å². The van der Waals surface area contributed by atoms with Gasteiger partial charge in [0.05, 0.1) is 0 Å². The van der Waals surface area contributed by atoms with Crippen LogP contribution in [0.2, 0.25) is 0 Å². The first-order valence-corrected chi connectivity index (χ1v) is 5.56. The van der Waals surface area contributed by atoms with Crippen LogP contribution in [-0.4, -0.2) is 21.3 Å². The molecule has 0 fully saturated rings. The Bertz CT molecular complexity index is 306. The molecule has 0 amide bonds. The van der Waals surface area contributed by atoms with Gasteiger partial charge in [-0.2, -0.15) is 0 Å². The minimum Gasteiger partial charge on any atom is -0.396 e. The van der Waals surface area contributed by atoms with E-state index in [0.717, 1.165) is 18.7 Å². The van der Waals surface area contributed by atoms with E-state index in [-0.39, 0.29) is 12.0 Å². The summed E-state index contributed by atoms with van der Waals surface area (Å²) in [5.41, 5.74) is 0.00590. The summed E-state index contributed by atoms with van der Waals surface area (Å²) in [6.07, 6.45) is 5.69. The SMILES string of the molecule is CC(C)C(C)(CO)CCc1nccn1C. The summed E-state index contributed by atoms with van der Waals surface area (Å²) < 4.78 is 2.04. The molecule has 0 spiro atoms. The highest BCUT2D eigenvalue weighted by Crippen LogP contribution is 2.31. The standard InChI is InChI=1S/C12H22N2O/c1-10(2)12(3,9-15)6-5-11-13-7-8-14(11)4/h7-8,10,15H,5-6,9H2,1-4H3. The van der Waals surface area contributed by atoms with Crippen LogP contribution in [0.15, 0.2) is 12.4 Å². The molecule has 1 atom stereocenters. The monoisotopic (exact) mass is 210 g/mol. The average Bonchev–Trinajstić information content (AvgIpc) is 2.60. The minimum absolute atomic E-state index is 0.00590. The van der Waals surface area contributed by atoms with Crippen molar-refractivity contribution in [2.24, 2.45) is 18.4 Å². The molecular formula is C12H22N2O. The number of aliphatic hydroxyl groups excluding tert-OH is 1. The predicted octanol–water partition coefficient (Wildman–Crippen LogP) is 2.01. The first kappa shape index (κ1) is 12.2. The van der Waals surface area contributed by atoms with E-state index in [4.69, 9.17) is 0 Å². The fourth-order valence-corrected chi connectivity index (χ4v) is 1.59. The maximum atomic E-state index is 9.43. The van der Waals surface area contributed by atoms with Crippen molar-refractivity contribution in [1.82, 2.24) is 9.55 Å². The fourth-order valence-electron chi connectivity index (χ4n) is 1.59. The highest BCUT2D eigenvalue weighted by atomic mass is 16.3. The van der Waals surface area contributed by atoms with Gasteiger partial charge in [-0.3, -0.25) is 0 Å². The summed E-state index contributed by atoms with van der Waals surface area (Å²) in [7, 11) is 2.01. The molecule has 0 aromatic carbocycles. The van der Waals surface area contributed by atoms with Crippen molar-refractivity contribution in [2.75, 3.05) is 6.61 Å². The zero-order valence-electron chi connectivity index (χ0n) is 10.2. The molecule has 1 N–H and O–H groups in total. The lowest BCUT2D eigenvalue weighted by molar-refractivity contribution is 0.0851. The number of hydrogen-bond donors (Lipinski definition) is 1. The zero-order valence-corrected chi connectivity index (χ0v) is 10.2. The number of hydrogen-bond acceptors (Lipinski definition) is 2. The molecule has 0 aliphatic rings. The highest BCUT2D eigenvalue weighted by Gasteiger charge is 2.27. The molecule has 0 saturated heterocycles. The lowest BCUT2D eigenvalue weighted by Crippen LogP contribution is -2.28. The van der Waals surface area contributed by atoms with Crippen LogP contribution in [0, 0.1) is 11.3 Å². The van der Waals surface area contributed by atoms with E-state index in [1.54, 1.807) is 0 Å². The van der Waals surface area contributed by atoms with Gasteiger partial charge >= 0.3 is 0 Å². The molecule has 0 bridgehead atoms. The summed E-state index contributed by atoms with van der Waals surface area (Å²) in [6, 6.07) is 0. The number of aromatic nitrogens is 2. The molecule has 1 unspecified atom stereocenters. The Morgan fingerprint density at radius 1 is 1.53 bits per heavy atom. The number of aryl methyl sites for hydroxylation is 2. The summed E-state index contributed by atoms with van der Waals surface area (Å²) in [5, 5.41) is 9.43. The molecule has 0 aliphatic heterocycles. The first-order valence-electron chi connectivity index (χ1n) is 5.56. The molecule has 86 valence electrons. The van der Waals surface area contributed by atoms with E-state index in [2.05, 4.69) is 25.8 Å². The second kappa shape index (κ2) is 4.79. The van der Waals surface area contributed by atoms with Crippen LogP contribution in [0.4, 0.5) is 0 Å². The van der Waals surface area contributed by atoms with Crippen LogP contribution < -0.4 is 0 Å². The summed E-state index contributed by atoms with van der Waals surface area (Å²) >= 11 is 0. The van der Waals surface area contributed by atoms with Gasteiger partial charge in [0.25, 0.3) is 0 Å². The van der Waals surface area contributed by atoms with Crippen molar-refractivity contribution in [3.05, 3.63) is 18.2 Å². The second-order valence-corrected chi connectivity index (χ2v) is 4.92. The topological polar surface area (TPSA) is 38.1 Å². The maximum Gasteiger partial charge on any atom is 0.108 e. The minimum atomic E-state index is 0.00590. The van der Waals surface area contributed by atoms with Crippen LogP contribution in [0.5, 0.6) is 0 Å². The van der Waals surface area contributed by atoms with E-state index >= 15 is 0 Å². The first-order chi connectivity index (χ1) is 6.99. The Hall–Kier alpha value is -0.830. The number of nitrogens with zero attached hydrogens (tertiary/aromatic N) is 2. The van der Waals surface area contributed by atoms with Crippen LogP contribution in [-0.2, 0) is 13.5 Å². The third kappa shape index (κ3) is 2.81. The Balaban J connectivity index is 2.59. The lowest BCUT2D eigenvalue weighted by Gasteiger charge is -2.31. The molecular weight excluding hydrogens is 188 g/mol. The van der Waals surface area contributed by atoms with Crippen molar-refractivity contribution in [3.8, 4) is 0 Å². The van der Waals surface area contributed by atoms with Gasteiger partial charge in [0.15, 0.2) is 0 Å². The Morgan fingerprint density at radius 2 is 2.20 bits per heavy atom. The fraction of sp³-hybridized carbons (Fsp3) is 0.750. The van der Waals surface area contributed by atoms with Crippen LogP contribution in [0.25, 0.3) is 0 Å². The Labute approximate surface area is 92.1 Å². The van der Waals surface area contributed by atoms with Gasteiger partial charge in [0.1, 0.15) is 5.82 Å². The van der Waals surface area contributed by atoms with E-state index in [1.165, 1.54) is 0 Å². The molecule has 15 heavy (non-hydrogen) atoms. The van der Waals surface area contributed by atoms with Gasteiger partial charge < -0.3 is 9.67 Å². The van der Waals surface area contributed by atoms with Crippen LogP contribution in [0.1, 0.15) is 33.0 Å². The quantitative estimate of drug-likeness (QED) is 0.807. The summed E-state index contributed by atoms with van der Waals surface area (Å²) in [5.74, 6) is 1.58. The molecule has 0 aliphatic carbocycles. The second-order valence-electron chi connectivity index (χ2n) is 4.92. The molecule has 0 saturated carbocycles. The van der Waals surface area contributed by atoms with Gasteiger partial charge in [0.2, 0.25) is 0 Å². The number of rotatable bonds is 5. The van der Waals surface area contributed by atoms with E-state index in [1.807, 2.05) is 24.0 Å². The van der Waals surface area contributed by atoms with Crippen LogP contribution >= 0.6 is 0 Å². The third-order valence-electron chi connectivity index (χ3n) is 3.60. The van der Waals surface area contributed by atoms with Crippen LogP contribution in [0.3, 0.4) is 0 Å². The normalized spacial score (nSPS) is 15.6. The number of imidazole rings is 1. The van der Waals surface area contributed by atoms with E-state index in [9.17, 15) is 5.11 Å². The molecule has 1 aromatic rings. The highest BCUT2D eigenvalue weighted by molar-refractivity contribution is 4.93. The average molecular weight is 210 g/mol. The summed E-state index contributed by atoms with van der Waals surface area (Å²) in [4.78, 5) is 4.29. The van der Waals surface area contributed by atoms with Crippen molar-refractivity contribution in [2.45, 2.75) is 33.6 Å². The van der Waals surface area contributed by atoms with Gasteiger partial charge in [-0.05, 0) is 17.8 Å². The van der Waals surface area contributed by atoms with Crippen molar-refractivity contribution in [3.63, 3.8) is 0 Å². The largest absolute Gasteiger partial charge is 0.396 e. The van der Waals surface area contributed by atoms with E-state index in [0.29, 0.717) is 5.92 Å². The van der Waals surface area contributed by atoms with Gasteiger partial charge in [-0.15, -0.1) is 0 Å². The molecule has 1 rings (SSSR count). The predicted molar refractivity (Wildman–Crippen MR) is 61.6 cm³/mol. The van der Waals surface area contributed by atoms with Crippen molar-refractivity contribution < 1.29 is 5.11 Å². The Kier molecular flexibility index (Phi) is 3.91. The van der Waals surface area contributed by atoms with Crippen molar-refractivity contribution in [1.29, 1.82) is 0 Å². The Morgan fingerprint density at radius 3 is 2.60 bits per heavy atom. The lowest BCUT2D eigenvalue weighted by atomic mass is 9.76. The molecule has 3 heteroatoms. The molecule has 1 aromatic heterocycles. The third-order valence-corrected chi connectivity index (χ3v) is 3.60. The molecule has 1 heterocycles. The van der Waals surface area contributed by atoms with E-state index < -0.39 is 0 Å². The molecule has 0 radical (unpaired) electrons. The smallest absolute Gasteiger partial charge is 0.108 e. The van der Waals surface area contributed by atoms with Crippen molar-refractivity contribution >= 4 is 0 Å². The molecule has 3 nitrogen and oxygen atoms in total. The van der Waals surface area contributed by atoms with Gasteiger partial charge in [0, 0.05) is 32.5 Å². The number of aliphatic hydroxyl groups is 1. The van der Waals surface area contributed by atoms with Gasteiger partial charge in [-0.25, -0.2) is 4.98 Å². The maximum absolute atomic E-state index is 9.43. The summed E-state index contributed by atoms with van der Waals surface area (Å²) in [6.45, 7) is 6.71. The zero-order chi connectivity index (χ0) is 11.5.